The first-order valence-electron chi connectivity index (χ1n) is 6.19. The zero-order valence-electron chi connectivity index (χ0n) is 10.8. The van der Waals surface area contributed by atoms with Crippen molar-refractivity contribution in [2.24, 2.45) is 0 Å². The maximum atomic E-state index is 11.9. The predicted octanol–water partition coefficient (Wildman–Crippen LogP) is 0.908. The summed E-state index contributed by atoms with van der Waals surface area (Å²) < 4.78 is 26.4. The molecule has 0 unspecified atom stereocenters. The molecule has 0 bridgehead atoms. The Bertz CT molecular complexity index is 516. The van der Waals surface area contributed by atoms with Crippen LogP contribution >= 0.6 is 0 Å². The fourth-order valence-corrected chi connectivity index (χ4v) is 3.63. The van der Waals surface area contributed by atoms with Gasteiger partial charge in [0, 0.05) is 25.8 Å². The lowest BCUT2D eigenvalue weighted by molar-refractivity contribution is 0.571. The van der Waals surface area contributed by atoms with Gasteiger partial charge in [0.2, 0.25) is 10.0 Å². The Hall–Kier alpha value is -1.14. The minimum absolute atomic E-state index is 0.334. The van der Waals surface area contributed by atoms with Crippen LogP contribution in [0.1, 0.15) is 18.9 Å². The Morgan fingerprint density at radius 2 is 2.33 bits per heavy atom. The average molecular weight is 269 g/mol. The van der Waals surface area contributed by atoms with E-state index in [2.05, 4.69) is 9.71 Å². The zero-order valence-corrected chi connectivity index (χ0v) is 11.6. The van der Waals surface area contributed by atoms with E-state index in [-0.39, 0.29) is 5.25 Å². The van der Waals surface area contributed by atoms with Gasteiger partial charge in [0.25, 0.3) is 0 Å². The van der Waals surface area contributed by atoms with Crippen molar-refractivity contribution < 1.29 is 8.42 Å². The molecule has 0 radical (unpaired) electrons. The Morgan fingerprint density at radius 1 is 1.56 bits per heavy atom. The van der Waals surface area contributed by atoms with Gasteiger partial charge < -0.3 is 4.90 Å². The van der Waals surface area contributed by atoms with Crippen molar-refractivity contribution in [2.45, 2.75) is 25.5 Å². The van der Waals surface area contributed by atoms with E-state index in [0.29, 0.717) is 19.5 Å². The minimum atomic E-state index is -3.18. The van der Waals surface area contributed by atoms with E-state index in [4.69, 9.17) is 0 Å². The van der Waals surface area contributed by atoms with Crippen LogP contribution in [0.15, 0.2) is 18.3 Å². The highest BCUT2D eigenvalue weighted by atomic mass is 32.2. The zero-order chi connectivity index (χ0) is 13.2. The third kappa shape index (κ3) is 2.81. The summed E-state index contributed by atoms with van der Waals surface area (Å²) in [5, 5.41) is -0.334. The van der Waals surface area contributed by atoms with Crippen LogP contribution < -0.4 is 9.62 Å². The number of hydrogen-bond acceptors (Lipinski definition) is 4. The van der Waals surface area contributed by atoms with E-state index in [1.165, 1.54) is 0 Å². The average Bonchev–Trinajstić information content (AvgIpc) is 2.78. The molecule has 1 N–H and O–H groups in total. The molecule has 0 spiro atoms. The molecule has 1 saturated heterocycles. The number of nitrogens with one attached hydrogen (secondary N) is 1. The highest BCUT2D eigenvalue weighted by molar-refractivity contribution is 7.90. The van der Waals surface area contributed by atoms with Gasteiger partial charge in [-0.1, -0.05) is 6.92 Å². The van der Waals surface area contributed by atoms with Gasteiger partial charge in [0.15, 0.2) is 0 Å². The maximum absolute atomic E-state index is 11.9. The first-order valence-corrected chi connectivity index (χ1v) is 7.73. The maximum Gasteiger partial charge on any atom is 0.216 e. The Labute approximate surface area is 108 Å². The SMILES string of the molecule is CCNS(=O)(=O)[C@@H]1CCN(c2cc(C)ccn2)C1. The number of aryl methyl sites for hydroxylation is 1. The molecule has 1 aliphatic heterocycles. The van der Waals surface area contributed by atoms with Gasteiger partial charge in [-0.25, -0.2) is 18.1 Å². The number of rotatable bonds is 4. The first-order chi connectivity index (χ1) is 8.53. The van der Waals surface area contributed by atoms with E-state index in [9.17, 15) is 8.42 Å². The lowest BCUT2D eigenvalue weighted by atomic mass is 10.3. The molecule has 100 valence electrons. The van der Waals surface area contributed by atoms with Crippen molar-refractivity contribution in [3.05, 3.63) is 23.9 Å². The molecule has 1 aromatic heterocycles. The van der Waals surface area contributed by atoms with E-state index in [1.54, 1.807) is 13.1 Å². The molecule has 1 aromatic rings. The Morgan fingerprint density at radius 3 is 3.00 bits per heavy atom. The summed E-state index contributed by atoms with van der Waals surface area (Å²) in [4.78, 5) is 6.33. The van der Waals surface area contributed by atoms with E-state index >= 15 is 0 Å². The van der Waals surface area contributed by atoms with Gasteiger partial charge in [0.05, 0.1) is 5.25 Å². The third-order valence-electron chi connectivity index (χ3n) is 3.15. The molecule has 6 heteroatoms. The van der Waals surface area contributed by atoms with Gasteiger partial charge in [-0.15, -0.1) is 0 Å². The van der Waals surface area contributed by atoms with Gasteiger partial charge in [-0.2, -0.15) is 0 Å². The molecule has 18 heavy (non-hydrogen) atoms. The monoisotopic (exact) mass is 269 g/mol. The summed E-state index contributed by atoms with van der Waals surface area (Å²) in [6.45, 7) is 5.51. The minimum Gasteiger partial charge on any atom is -0.355 e. The molecule has 1 fully saturated rings. The highest BCUT2D eigenvalue weighted by Gasteiger charge is 2.33. The predicted molar refractivity (Wildman–Crippen MR) is 72.2 cm³/mol. The van der Waals surface area contributed by atoms with Crippen molar-refractivity contribution in [1.29, 1.82) is 0 Å². The van der Waals surface area contributed by atoms with Crippen LogP contribution in [-0.2, 0) is 10.0 Å². The number of anilines is 1. The largest absolute Gasteiger partial charge is 0.355 e. The lowest BCUT2D eigenvalue weighted by Crippen LogP contribution is -2.36. The van der Waals surface area contributed by atoms with Crippen LogP contribution in [0.25, 0.3) is 0 Å². The number of pyridine rings is 1. The van der Waals surface area contributed by atoms with E-state index in [0.717, 1.165) is 17.9 Å². The smallest absolute Gasteiger partial charge is 0.216 e. The third-order valence-corrected chi connectivity index (χ3v) is 5.11. The van der Waals surface area contributed by atoms with Gasteiger partial charge in [-0.3, -0.25) is 0 Å². The molecule has 0 aromatic carbocycles. The molecule has 0 aliphatic carbocycles. The molecule has 5 nitrogen and oxygen atoms in total. The first kappa shape index (κ1) is 13.3. The summed E-state index contributed by atoms with van der Waals surface area (Å²) in [7, 11) is -3.18. The second-order valence-electron chi connectivity index (χ2n) is 4.59. The summed E-state index contributed by atoms with van der Waals surface area (Å²) in [6, 6.07) is 3.93. The lowest BCUT2D eigenvalue weighted by Gasteiger charge is -2.17. The van der Waals surface area contributed by atoms with Crippen molar-refractivity contribution in [2.75, 3.05) is 24.5 Å². The molecule has 2 heterocycles. The van der Waals surface area contributed by atoms with Crippen LogP contribution in [0.5, 0.6) is 0 Å². The second-order valence-corrected chi connectivity index (χ2v) is 6.64. The standard InChI is InChI=1S/C12H19N3O2S/c1-3-14-18(16,17)11-5-7-15(9-11)12-8-10(2)4-6-13-12/h4,6,8,11,14H,3,5,7,9H2,1-2H3/t11-/m1/s1. The molecular weight excluding hydrogens is 250 g/mol. The molecule has 1 atom stereocenters. The number of sulfonamides is 1. The summed E-state index contributed by atoms with van der Waals surface area (Å²) >= 11 is 0. The number of nitrogens with zero attached hydrogens (tertiary/aromatic N) is 2. The Kier molecular flexibility index (Phi) is 3.87. The quantitative estimate of drug-likeness (QED) is 0.882. The molecule has 2 rings (SSSR count). The van der Waals surface area contributed by atoms with Crippen molar-refractivity contribution in [3.8, 4) is 0 Å². The van der Waals surface area contributed by atoms with Crippen LogP contribution in [0, 0.1) is 6.92 Å². The molecule has 1 aliphatic rings. The van der Waals surface area contributed by atoms with E-state index in [1.807, 2.05) is 24.0 Å². The van der Waals surface area contributed by atoms with Crippen molar-refractivity contribution in [3.63, 3.8) is 0 Å². The summed E-state index contributed by atoms with van der Waals surface area (Å²) in [5.74, 6) is 0.865. The van der Waals surface area contributed by atoms with Crippen LogP contribution in [0.3, 0.4) is 0 Å². The molecule has 0 saturated carbocycles. The van der Waals surface area contributed by atoms with Crippen molar-refractivity contribution >= 4 is 15.8 Å². The second kappa shape index (κ2) is 5.24. The van der Waals surface area contributed by atoms with Gasteiger partial charge >= 0.3 is 0 Å². The topological polar surface area (TPSA) is 62.3 Å². The summed E-state index contributed by atoms with van der Waals surface area (Å²) in [6.07, 6.45) is 2.42. The van der Waals surface area contributed by atoms with Crippen LogP contribution in [0.2, 0.25) is 0 Å². The number of aromatic nitrogens is 1. The van der Waals surface area contributed by atoms with Crippen LogP contribution in [-0.4, -0.2) is 38.3 Å². The fourth-order valence-electron chi connectivity index (χ4n) is 2.20. The molecular formula is C12H19N3O2S. The van der Waals surface area contributed by atoms with Crippen molar-refractivity contribution in [1.82, 2.24) is 9.71 Å². The van der Waals surface area contributed by atoms with Gasteiger partial charge in [0.1, 0.15) is 5.82 Å². The Balaban J connectivity index is 2.09. The summed E-state index contributed by atoms with van der Waals surface area (Å²) in [5.41, 5.74) is 1.14. The molecule has 0 amide bonds. The van der Waals surface area contributed by atoms with Crippen LogP contribution in [0.4, 0.5) is 5.82 Å². The fraction of sp³-hybridized carbons (Fsp3) is 0.583. The number of hydrogen-bond donors (Lipinski definition) is 1. The van der Waals surface area contributed by atoms with Gasteiger partial charge in [-0.05, 0) is 31.0 Å². The van der Waals surface area contributed by atoms with E-state index < -0.39 is 10.0 Å². The normalized spacial score (nSPS) is 20.3. The highest BCUT2D eigenvalue weighted by Crippen LogP contribution is 2.22.